The molecule has 0 spiro atoms. The normalized spacial score (nSPS) is 11.3. The highest BCUT2D eigenvalue weighted by molar-refractivity contribution is 9.10. The van der Waals surface area contributed by atoms with E-state index < -0.39 is 5.97 Å². The van der Waals surface area contributed by atoms with Gasteiger partial charge < -0.3 is 9.84 Å². The molecule has 0 fully saturated rings. The molecule has 0 aliphatic heterocycles. The molecule has 0 saturated carbocycles. The molecule has 0 unspecified atom stereocenters. The van der Waals surface area contributed by atoms with Crippen LogP contribution in [-0.2, 0) is 16.0 Å². The van der Waals surface area contributed by atoms with Crippen molar-refractivity contribution in [2.75, 3.05) is 25.8 Å². The molecule has 1 N–H and O–H groups in total. The van der Waals surface area contributed by atoms with E-state index in [0.29, 0.717) is 6.42 Å². The first-order valence-electron chi connectivity index (χ1n) is 5.76. The largest absolute Gasteiger partial charge is 0.464 e. The van der Waals surface area contributed by atoms with Crippen LogP contribution < -0.4 is 5.01 Å². The Bertz CT molecular complexity index is 489. The molecule has 104 valence electrons. The number of aliphatic hydroxyl groups excluding tert-OH is 1. The molecule has 0 amide bonds. The summed E-state index contributed by atoms with van der Waals surface area (Å²) in [7, 11) is 3.07. The number of carbonyl (C=O) groups excluding carboxylic acids is 1. The monoisotopic (exact) mass is 328 g/mol. The van der Waals surface area contributed by atoms with Crippen LogP contribution in [0.4, 0.5) is 5.69 Å². The molecule has 0 saturated heterocycles. The van der Waals surface area contributed by atoms with Gasteiger partial charge in [0.25, 0.3) is 0 Å². The molecule has 1 rings (SSSR count). The maximum atomic E-state index is 11.3. The number of rotatable bonds is 5. The molecule has 0 bridgehead atoms. The van der Waals surface area contributed by atoms with Gasteiger partial charge in [0.15, 0.2) is 0 Å². The molecule has 5 nitrogen and oxygen atoms in total. The Labute approximate surface area is 121 Å². The second-order valence-electron chi connectivity index (χ2n) is 3.96. The predicted octanol–water partition coefficient (Wildman–Crippen LogP) is 1.97. The van der Waals surface area contributed by atoms with Crippen molar-refractivity contribution in [2.45, 2.75) is 13.3 Å². The van der Waals surface area contributed by atoms with Crippen molar-refractivity contribution in [1.29, 1.82) is 0 Å². The van der Waals surface area contributed by atoms with Crippen molar-refractivity contribution in [1.82, 2.24) is 0 Å². The first kappa shape index (κ1) is 15.7. The second kappa shape index (κ2) is 7.25. The van der Waals surface area contributed by atoms with Crippen LogP contribution in [0.15, 0.2) is 27.8 Å². The average molecular weight is 329 g/mol. The van der Waals surface area contributed by atoms with Gasteiger partial charge in [0.2, 0.25) is 0 Å². The van der Waals surface area contributed by atoms with Crippen LogP contribution in [0.5, 0.6) is 0 Å². The molecule has 0 aliphatic carbocycles. The maximum Gasteiger partial charge on any atom is 0.353 e. The average Bonchev–Trinajstić information content (AvgIpc) is 2.38. The number of halogens is 1. The predicted molar refractivity (Wildman–Crippen MR) is 78.5 cm³/mol. The summed E-state index contributed by atoms with van der Waals surface area (Å²) in [5.41, 5.74) is 2.13. The maximum absolute atomic E-state index is 11.3. The molecule has 0 aliphatic rings. The van der Waals surface area contributed by atoms with Gasteiger partial charge in [0, 0.05) is 18.1 Å². The van der Waals surface area contributed by atoms with Gasteiger partial charge in [-0.1, -0.05) is 6.07 Å². The van der Waals surface area contributed by atoms with Crippen molar-refractivity contribution >= 4 is 33.3 Å². The number of methoxy groups -OCH3 is 1. The van der Waals surface area contributed by atoms with E-state index in [0.717, 1.165) is 15.7 Å². The number of hydrazone groups is 1. The molecule has 0 radical (unpaired) electrons. The van der Waals surface area contributed by atoms with Gasteiger partial charge in [-0.3, -0.25) is 5.01 Å². The van der Waals surface area contributed by atoms with Crippen LogP contribution in [0, 0.1) is 0 Å². The Morgan fingerprint density at radius 3 is 2.74 bits per heavy atom. The third kappa shape index (κ3) is 4.33. The lowest BCUT2D eigenvalue weighted by atomic mass is 10.1. The molecular formula is C13H17BrN2O3. The summed E-state index contributed by atoms with van der Waals surface area (Å²) in [6.07, 6.45) is 0.604. The van der Waals surface area contributed by atoms with E-state index in [1.165, 1.54) is 7.11 Å². The van der Waals surface area contributed by atoms with E-state index in [-0.39, 0.29) is 12.3 Å². The number of anilines is 1. The van der Waals surface area contributed by atoms with Gasteiger partial charge in [-0.25, -0.2) is 4.79 Å². The lowest BCUT2D eigenvalue weighted by Crippen LogP contribution is -2.19. The molecule has 19 heavy (non-hydrogen) atoms. The fourth-order valence-electron chi connectivity index (χ4n) is 1.56. The summed E-state index contributed by atoms with van der Waals surface area (Å²) in [5, 5.41) is 14.6. The molecule has 0 aromatic heterocycles. The SMILES string of the molecule is COC(=O)/C(C)=N/N(C)c1ccc(CCO)cc1Br. The zero-order valence-electron chi connectivity index (χ0n) is 11.2. The van der Waals surface area contributed by atoms with E-state index in [2.05, 4.69) is 25.8 Å². The summed E-state index contributed by atoms with van der Waals surface area (Å²) in [6.45, 7) is 1.71. The van der Waals surface area contributed by atoms with Gasteiger partial charge in [-0.05, 0) is 47.0 Å². The highest BCUT2D eigenvalue weighted by Crippen LogP contribution is 2.27. The Balaban J connectivity index is 2.94. The van der Waals surface area contributed by atoms with Crippen molar-refractivity contribution in [3.8, 4) is 0 Å². The lowest BCUT2D eigenvalue weighted by molar-refractivity contribution is -0.132. The van der Waals surface area contributed by atoms with Crippen molar-refractivity contribution in [3.63, 3.8) is 0 Å². The number of benzene rings is 1. The Kier molecular flexibility index (Phi) is 5.98. The first-order valence-corrected chi connectivity index (χ1v) is 6.55. The van der Waals surface area contributed by atoms with E-state index in [1.54, 1.807) is 19.0 Å². The highest BCUT2D eigenvalue weighted by atomic mass is 79.9. The molecule has 0 heterocycles. The number of hydrogen-bond donors (Lipinski definition) is 1. The minimum Gasteiger partial charge on any atom is -0.464 e. The van der Waals surface area contributed by atoms with Crippen molar-refractivity contribution in [2.24, 2.45) is 5.10 Å². The fraction of sp³-hybridized carbons (Fsp3) is 0.385. The summed E-state index contributed by atoms with van der Waals surface area (Å²) >= 11 is 3.45. The summed E-state index contributed by atoms with van der Waals surface area (Å²) in [5.74, 6) is -0.458. The third-order valence-electron chi connectivity index (χ3n) is 2.54. The molecule has 6 heteroatoms. The number of esters is 1. The Hall–Kier alpha value is -1.40. The zero-order chi connectivity index (χ0) is 14.4. The number of ether oxygens (including phenoxy) is 1. The summed E-state index contributed by atoms with van der Waals surface area (Å²) < 4.78 is 5.44. The van der Waals surface area contributed by atoms with E-state index in [1.807, 2.05) is 18.2 Å². The number of hydrogen-bond acceptors (Lipinski definition) is 5. The van der Waals surface area contributed by atoms with Crippen LogP contribution in [-0.4, -0.2) is 37.6 Å². The molecule has 0 atom stereocenters. The minimum atomic E-state index is -0.458. The molecule has 1 aromatic carbocycles. The topological polar surface area (TPSA) is 62.1 Å². The second-order valence-corrected chi connectivity index (χ2v) is 4.81. The van der Waals surface area contributed by atoms with E-state index >= 15 is 0 Å². The lowest BCUT2D eigenvalue weighted by Gasteiger charge is -2.16. The first-order chi connectivity index (χ1) is 8.99. The van der Waals surface area contributed by atoms with Gasteiger partial charge in [0.1, 0.15) is 5.71 Å². The quantitative estimate of drug-likeness (QED) is 0.510. The van der Waals surface area contributed by atoms with Gasteiger partial charge in [-0.2, -0.15) is 5.10 Å². The van der Waals surface area contributed by atoms with E-state index in [4.69, 9.17) is 5.11 Å². The van der Waals surface area contributed by atoms with Crippen molar-refractivity contribution < 1.29 is 14.6 Å². The zero-order valence-corrected chi connectivity index (χ0v) is 12.8. The molecular weight excluding hydrogens is 312 g/mol. The number of aliphatic hydroxyl groups is 1. The van der Waals surface area contributed by atoms with Gasteiger partial charge >= 0.3 is 5.97 Å². The van der Waals surface area contributed by atoms with Crippen LogP contribution in [0.25, 0.3) is 0 Å². The fourth-order valence-corrected chi connectivity index (χ4v) is 2.25. The van der Waals surface area contributed by atoms with Crippen LogP contribution in [0.2, 0.25) is 0 Å². The summed E-state index contributed by atoms with van der Waals surface area (Å²) in [6, 6.07) is 5.71. The summed E-state index contributed by atoms with van der Waals surface area (Å²) in [4.78, 5) is 11.3. The van der Waals surface area contributed by atoms with Crippen LogP contribution in [0.1, 0.15) is 12.5 Å². The number of carbonyl (C=O) groups is 1. The van der Waals surface area contributed by atoms with E-state index in [9.17, 15) is 4.79 Å². The standard InChI is InChI=1S/C13H17BrN2O3/c1-9(13(18)19-3)15-16(2)12-5-4-10(6-7-17)8-11(12)14/h4-5,8,17H,6-7H2,1-3H3/b15-9+. The third-order valence-corrected chi connectivity index (χ3v) is 3.18. The minimum absolute atomic E-state index is 0.112. The van der Waals surface area contributed by atoms with Gasteiger partial charge in [-0.15, -0.1) is 0 Å². The Morgan fingerprint density at radius 1 is 1.53 bits per heavy atom. The molecule has 1 aromatic rings. The van der Waals surface area contributed by atoms with Crippen LogP contribution >= 0.6 is 15.9 Å². The van der Waals surface area contributed by atoms with Gasteiger partial charge in [0.05, 0.1) is 12.8 Å². The number of nitrogens with zero attached hydrogens (tertiary/aromatic N) is 2. The van der Waals surface area contributed by atoms with Crippen molar-refractivity contribution in [3.05, 3.63) is 28.2 Å². The highest BCUT2D eigenvalue weighted by Gasteiger charge is 2.10. The Morgan fingerprint density at radius 2 is 2.21 bits per heavy atom. The smallest absolute Gasteiger partial charge is 0.353 e. The van der Waals surface area contributed by atoms with Crippen LogP contribution in [0.3, 0.4) is 0 Å².